The minimum Gasteiger partial charge on any atom is -0.310 e. The van der Waals surface area contributed by atoms with E-state index >= 15 is 0 Å². The summed E-state index contributed by atoms with van der Waals surface area (Å²) in [5.74, 6) is 0.976. The Morgan fingerprint density at radius 3 is 2.46 bits per heavy atom. The Hall–Kier alpha value is -2.09. The van der Waals surface area contributed by atoms with E-state index in [1.165, 1.54) is 18.0 Å². The van der Waals surface area contributed by atoms with E-state index in [0.29, 0.717) is 26.8 Å². The predicted molar refractivity (Wildman–Crippen MR) is 105 cm³/mol. The Kier molecular flexibility index (Phi) is 5.80. The van der Waals surface area contributed by atoms with Gasteiger partial charge in [-0.15, -0.1) is 10.2 Å². The van der Waals surface area contributed by atoms with Crippen LogP contribution in [-0.2, 0) is 11.8 Å². The van der Waals surface area contributed by atoms with E-state index in [1.54, 1.807) is 31.2 Å². The second kappa shape index (κ2) is 8.07. The fraction of sp³-hybridized carbons (Fsp3) is 0.176. The molecule has 3 aromatic rings. The summed E-state index contributed by atoms with van der Waals surface area (Å²) in [5, 5.41) is 12.6. The molecule has 0 spiro atoms. The van der Waals surface area contributed by atoms with E-state index in [0.717, 1.165) is 5.56 Å². The molecule has 0 aliphatic heterocycles. The summed E-state index contributed by atoms with van der Waals surface area (Å²) in [5.41, 5.74) is 0.902. The highest BCUT2D eigenvalue weighted by Gasteiger charge is 2.19. The lowest BCUT2D eigenvalue weighted by molar-refractivity contribution is -0.115. The SMILES string of the molecule is C[C@H](Sc1nnc(-c2ccc(Cl)cc2)n1C)C(=O)Nc1ccc(Cl)cn1. The molecular weight excluding hydrogens is 393 g/mol. The summed E-state index contributed by atoms with van der Waals surface area (Å²) in [7, 11) is 1.86. The summed E-state index contributed by atoms with van der Waals surface area (Å²) < 4.78 is 1.85. The second-order valence-electron chi connectivity index (χ2n) is 5.48. The minimum absolute atomic E-state index is 0.180. The molecule has 0 aliphatic rings. The van der Waals surface area contributed by atoms with Crippen molar-refractivity contribution in [3.8, 4) is 11.4 Å². The van der Waals surface area contributed by atoms with Crippen LogP contribution in [0.4, 0.5) is 5.82 Å². The summed E-state index contributed by atoms with van der Waals surface area (Å²) in [4.78, 5) is 16.4. The first-order valence-corrected chi connectivity index (χ1v) is 9.32. The van der Waals surface area contributed by atoms with Crippen LogP contribution >= 0.6 is 35.0 Å². The topological polar surface area (TPSA) is 72.7 Å². The third kappa shape index (κ3) is 4.35. The molecule has 2 heterocycles. The first-order chi connectivity index (χ1) is 12.4. The number of thioether (sulfide) groups is 1. The van der Waals surface area contributed by atoms with E-state index in [2.05, 4.69) is 20.5 Å². The van der Waals surface area contributed by atoms with Crippen molar-refractivity contribution in [3.63, 3.8) is 0 Å². The highest BCUT2D eigenvalue weighted by atomic mass is 35.5. The monoisotopic (exact) mass is 407 g/mol. The molecule has 1 N–H and O–H groups in total. The lowest BCUT2D eigenvalue weighted by atomic mass is 10.2. The fourth-order valence-corrected chi connectivity index (χ4v) is 3.21. The maximum atomic E-state index is 12.4. The van der Waals surface area contributed by atoms with Gasteiger partial charge in [0.25, 0.3) is 0 Å². The first-order valence-electron chi connectivity index (χ1n) is 7.68. The van der Waals surface area contributed by atoms with Crippen molar-refractivity contribution < 1.29 is 4.79 Å². The smallest absolute Gasteiger partial charge is 0.238 e. The molecule has 0 fully saturated rings. The number of nitrogens with one attached hydrogen (secondary N) is 1. The van der Waals surface area contributed by atoms with Gasteiger partial charge in [0, 0.05) is 23.8 Å². The number of aromatic nitrogens is 4. The Bertz CT molecular complexity index is 912. The molecule has 2 aromatic heterocycles. The van der Waals surface area contributed by atoms with Crippen molar-refractivity contribution in [1.29, 1.82) is 0 Å². The van der Waals surface area contributed by atoms with E-state index in [4.69, 9.17) is 23.2 Å². The van der Waals surface area contributed by atoms with Crippen LogP contribution in [0.25, 0.3) is 11.4 Å². The molecule has 1 aromatic carbocycles. The van der Waals surface area contributed by atoms with Gasteiger partial charge < -0.3 is 9.88 Å². The van der Waals surface area contributed by atoms with Gasteiger partial charge in [0.2, 0.25) is 5.91 Å². The molecule has 0 saturated carbocycles. The molecule has 9 heteroatoms. The largest absolute Gasteiger partial charge is 0.310 e. The number of anilines is 1. The number of hydrogen-bond acceptors (Lipinski definition) is 5. The molecule has 0 unspecified atom stereocenters. The summed E-state index contributed by atoms with van der Waals surface area (Å²) >= 11 is 13.0. The quantitative estimate of drug-likeness (QED) is 0.638. The highest BCUT2D eigenvalue weighted by Crippen LogP contribution is 2.27. The zero-order chi connectivity index (χ0) is 18.7. The van der Waals surface area contributed by atoms with E-state index in [1.807, 2.05) is 23.7 Å². The van der Waals surface area contributed by atoms with Crippen molar-refractivity contribution in [1.82, 2.24) is 19.7 Å². The molecule has 26 heavy (non-hydrogen) atoms. The lowest BCUT2D eigenvalue weighted by Crippen LogP contribution is -2.23. The summed E-state index contributed by atoms with van der Waals surface area (Å²) in [6.45, 7) is 1.80. The first kappa shape index (κ1) is 18.7. The van der Waals surface area contributed by atoms with Crippen LogP contribution in [0, 0.1) is 0 Å². The normalized spacial score (nSPS) is 12.0. The lowest BCUT2D eigenvalue weighted by Gasteiger charge is -2.11. The molecule has 1 amide bonds. The van der Waals surface area contributed by atoms with Crippen LogP contribution in [0.2, 0.25) is 10.0 Å². The molecule has 3 rings (SSSR count). The van der Waals surface area contributed by atoms with Gasteiger partial charge >= 0.3 is 0 Å². The molecule has 134 valence electrons. The van der Waals surface area contributed by atoms with Gasteiger partial charge in [-0.3, -0.25) is 4.79 Å². The van der Waals surface area contributed by atoms with Gasteiger partial charge in [0.1, 0.15) is 5.82 Å². The molecule has 0 radical (unpaired) electrons. The zero-order valence-electron chi connectivity index (χ0n) is 14.0. The number of halogens is 2. The van der Waals surface area contributed by atoms with Gasteiger partial charge in [0.15, 0.2) is 11.0 Å². The number of nitrogens with zero attached hydrogens (tertiary/aromatic N) is 4. The fourth-order valence-electron chi connectivity index (χ4n) is 2.16. The van der Waals surface area contributed by atoms with Crippen LogP contribution < -0.4 is 5.32 Å². The minimum atomic E-state index is -0.381. The third-order valence-electron chi connectivity index (χ3n) is 3.57. The maximum Gasteiger partial charge on any atom is 0.238 e. The Labute approximate surface area is 164 Å². The van der Waals surface area contributed by atoms with Crippen molar-refractivity contribution in [2.75, 3.05) is 5.32 Å². The van der Waals surface area contributed by atoms with Crippen molar-refractivity contribution >= 4 is 46.7 Å². The van der Waals surface area contributed by atoms with Crippen molar-refractivity contribution in [2.45, 2.75) is 17.3 Å². The van der Waals surface area contributed by atoms with Gasteiger partial charge in [-0.1, -0.05) is 35.0 Å². The number of pyridine rings is 1. The molecule has 0 aliphatic carbocycles. The Balaban J connectivity index is 1.69. The number of carbonyl (C=O) groups is 1. The van der Waals surface area contributed by atoms with Crippen LogP contribution in [0.1, 0.15) is 6.92 Å². The van der Waals surface area contributed by atoms with Crippen LogP contribution in [0.5, 0.6) is 0 Å². The molecule has 0 bridgehead atoms. The van der Waals surface area contributed by atoms with E-state index in [-0.39, 0.29) is 11.2 Å². The predicted octanol–water partition coefficient (Wildman–Crippen LogP) is 4.30. The van der Waals surface area contributed by atoms with E-state index < -0.39 is 0 Å². The van der Waals surface area contributed by atoms with Crippen LogP contribution in [0.15, 0.2) is 47.8 Å². The number of benzene rings is 1. The molecular formula is C17H15Cl2N5OS. The standard InChI is InChI=1S/C17H15Cl2N5OS/c1-10(16(25)21-14-8-7-13(19)9-20-14)26-17-23-22-15(24(17)2)11-3-5-12(18)6-4-11/h3-10H,1-2H3,(H,20,21,25)/t10-/m0/s1. The Morgan fingerprint density at radius 2 is 1.81 bits per heavy atom. The highest BCUT2D eigenvalue weighted by molar-refractivity contribution is 8.00. The molecule has 0 saturated heterocycles. The van der Waals surface area contributed by atoms with Crippen molar-refractivity contribution in [3.05, 3.63) is 52.6 Å². The van der Waals surface area contributed by atoms with Crippen molar-refractivity contribution in [2.24, 2.45) is 7.05 Å². The van der Waals surface area contributed by atoms with Gasteiger partial charge in [-0.2, -0.15) is 0 Å². The molecule has 1 atom stereocenters. The van der Waals surface area contributed by atoms with Crippen LogP contribution in [0.3, 0.4) is 0 Å². The summed E-state index contributed by atoms with van der Waals surface area (Å²) in [6.07, 6.45) is 1.48. The van der Waals surface area contributed by atoms with E-state index in [9.17, 15) is 4.79 Å². The van der Waals surface area contributed by atoms with Gasteiger partial charge in [0.05, 0.1) is 10.3 Å². The average Bonchev–Trinajstić information content (AvgIpc) is 2.98. The van der Waals surface area contributed by atoms with Gasteiger partial charge in [-0.05, 0) is 43.3 Å². The number of amides is 1. The van der Waals surface area contributed by atoms with Crippen LogP contribution in [-0.4, -0.2) is 30.9 Å². The molecule has 6 nitrogen and oxygen atoms in total. The second-order valence-corrected chi connectivity index (χ2v) is 7.66. The number of rotatable bonds is 5. The summed E-state index contributed by atoms with van der Waals surface area (Å²) in [6, 6.07) is 10.7. The zero-order valence-corrected chi connectivity index (χ0v) is 16.3. The number of carbonyl (C=O) groups excluding carboxylic acids is 1. The average molecular weight is 408 g/mol. The number of hydrogen-bond donors (Lipinski definition) is 1. The van der Waals surface area contributed by atoms with Gasteiger partial charge in [-0.25, -0.2) is 4.98 Å². The third-order valence-corrected chi connectivity index (χ3v) is 5.18. The Morgan fingerprint density at radius 1 is 1.12 bits per heavy atom. The maximum absolute atomic E-state index is 12.4.